The maximum atomic E-state index is 11.8. The van der Waals surface area contributed by atoms with E-state index in [4.69, 9.17) is 9.47 Å². The van der Waals surface area contributed by atoms with Gasteiger partial charge in [-0.05, 0) is 31.4 Å². The zero-order chi connectivity index (χ0) is 12.8. The molecule has 0 saturated carbocycles. The molecule has 0 saturated heterocycles. The van der Waals surface area contributed by atoms with E-state index in [9.17, 15) is 4.79 Å². The molecule has 0 amide bonds. The van der Waals surface area contributed by atoms with Crippen LogP contribution in [0.5, 0.6) is 5.75 Å². The number of carbonyl (C=O) groups is 1. The monoisotopic (exact) mass is 236 g/mol. The number of benzene rings is 1. The molecule has 0 bridgehead atoms. The molecule has 0 spiro atoms. The van der Waals surface area contributed by atoms with Crippen LogP contribution in [0.3, 0.4) is 0 Å². The first-order valence-corrected chi connectivity index (χ1v) is 6.04. The third kappa shape index (κ3) is 3.22. The van der Waals surface area contributed by atoms with Gasteiger partial charge in [-0.15, -0.1) is 0 Å². The lowest BCUT2D eigenvalue weighted by Crippen LogP contribution is -2.10. The van der Waals surface area contributed by atoms with Gasteiger partial charge in [0.15, 0.2) is 0 Å². The van der Waals surface area contributed by atoms with Crippen LogP contribution >= 0.6 is 0 Å². The van der Waals surface area contributed by atoms with E-state index >= 15 is 0 Å². The Balaban J connectivity index is 3.19. The Labute approximate surface area is 103 Å². The van der Waals surface area contributed by atoms with Gasteiger partial charge in [-0.25, -0.2) is 4.79 Å². The Bertz CT molecular complexity index is 383. The minimum atomic E-state index is -0.321. The van der Waals surface area contributed by atoms with Crippen LogP contribution in [0.25, 0.3) is 0 Å². The predicted octanol–water partition coefficient (Wildman–Crippen LogP) is 3.39. The zero-order valence-electron chi connectivity index (χ0n) is 10.9. The first-order chi connectivity index (χ1) is 8.11. The Morgan fingerprint density at radius 3 is 2.47 bits per heavy atom. The van der Waals surface area contributed by atoms with E-state index in [1.54, 1.807) is 13.0 Å². The maximum Gasteiger partial charge on any atom is 0.341 e. The third-order valence-corrected chi connectivity index (χ3v) is 2.45. The Morgan fingerprint density at radius 1 is 1.24 bits per heavy atom. The summed E-state index contributed by atoms with van der Waals surface area (Å²) in [5.41, 5.74) is 1.55. The molecule has 1 aromatic carbocycles. The number of hydrogen-bond donors (Lipinski definition) is 0. The fraction of sp³-hybridized carbons (Fsp3) is 0.500. The number of carbonyl (C=O) groups excluding carboxylic acids is 1. The standard InChI is InChI=1S/C14H20O3/c1-5-16-13-11(10(3)4)8-7-9-12(13)14(15)17-6-2/h7-10H,5-6H2,1-4H3. The fourth-order valence-electron chi connectivity index (χ4n) is 1.68. The van der Waals surface area contributed by atoms with Crippen molar-refractivity contribution in [3.05, 3.63) is 29.3 Å². The normalized spacial score (nSPS) is 10.4. The first-order valence-electron chi connectivity index (χ1n) is 6.04. The second-order valence-electron chi connectivity index (χ2n) is 4.03. The summed E-state index contributed by atoms with van der Waals surface area (Å²) in [7, 11) is 0. The van der Waals surface area contributed by atoms with E-state index in [1.807, 2.05) is 19.1 Å². The van der Waals surface area contributed by atoms with Gasteiger partial charge in [0.2, 0.25) is 0 Å². The second-order valence-corrected chi connectivity index (χ2v) is 4.03. The molecule has 17 heavy (non-hydrogen) atoms. The first kappa shape index (κ1) is 13.6. The maximum absolute atomic E-state index is 11.8. The summed E-state index contributed by atoms with van der Waals surface area (Å²) >= 11 is 0. The summed E-state index contributed by atoms with van der Waals surface area (Å²) in [5, 5.41) is 0. The molecular weight excluding hydrogens is 216 g/mol. The van der Waals surface area contributed by atoms with Crippen molar-refractivity contribution in [3.63, 3.8) is 0 Å². The average Bonchev–Trinajstić information content (AvgIpc) is 2.29. The molecule has 0 N–H and O–H groups in total. The van der Waals surface area contributed by atoms with Crippen molar-refractivity contribution in [2.24, 2.45) is 0 Å². The van der Waals surface area contributed by atoms with E-state index in [2.05, 4.69) is 13.8 Å². The SMILES string of the molecule is CCOC(=O)c1cccc(C(C)C)c1OCC. The molecule has 0 atom stereocenters. The average molecular weight is 236 g/mol. The summed E-state index contributed by atoms with van der Waals surface area (Å²) in [6.07, 6.45) is 0. The van der Waals surface area contributed by atoms with Crippen LogP contribution in [0.4, 0.5) is 0 Å². The highest BCUT2D eigenvalue weighted by atomic mass is 16.5. The van der Waals surface area contributed by atoms with Gasteiger partial charge in [-0.3, -0.25) is 0 Å². The van der Waals surface area contributed by atoms with Crippen molar-refractivity contribution < 1.29 is 14.3 Å². The summed E-state index contributed by atoms with van der Waals surface area (Å²) in [5.74, 6) is 0.646. The van der Waals surface area contributed by atoms with E-state index in [1.165, 1.54) is 0 Å². The molecule has 0 unspecified atom stereocenters. The van der Waals surface area contributed by atoms with E-state index in [0.29, 0.717) is 30.4 Å². The molecule has 0 aromatic heterocycles. The van der Waals surface area contributed by atoms with Gasteiger partial charge >= 0.3 is 5.97 Å². The van der Waals surface area contributed by atoms with Gasteiger partial charge in [0.05, 0.1) is 13.2 Å². The molecule has 0 heterocycles. The molecule has 0 radical (unpaired) electrons. The van der Waals surface area contributed by atoms with E-state index in [0.717, 1.165) is 5.56 Å². The topological polar surface area (TPSA) is 35.5 Å². The number of hydrogen-bond acceptors (Lipinski definition) is 3. The lowest BCUT2D eigenvalue weighted by Gasteiger charge is -2.16. The third-order valence-electron chi connectivity index (χ3n) is 2.45. The minimum absolute atomic E-state index is 0.311. The molecule has 1 rings (SSSR count). The molecular formula is C14H20O3. The van der Waals surface area contributed by atoms with Gasteiger partial charge in [-0.1, -0.05) is 26.0 Å². The molecule has 0 fully saturated rings. The fourth-order valence-corrected chi connectivity index (χ4v) is 1.68. The van der Waals surface area contributed by atoms with Gasteiger partial charge in [-0.2, -0.15) is 0 Å². The van der Waals surface area contributed by atoms with Crippen LogP contribution in [0.2, 0.25) is 0 Å². The van der Waals surface area contributed by atoms with Crippen molar-refractivity contribution >= 4 is 5.97 Å². The second kappa shape index (κ2) is 6.28. The molecule has 3 heteroatoms. The van der Waals surface area contributed by atoms with Crippen LogP contribution in [0.1, 0.15) is 49.5 Å². The highest BCUT2D eigenvalue weighted by molar-refractivity contribution is 5.93. The summed E-state index contributed by atoms with van der Waals surface area (Å²) in [6.45, 7) is 8.77. The smallest absolute Gasteiger partial charge is 0.341 e. The van der Waals surface area contributed by atoms with Crippen molar-refractivity contribution in [2.75, 3.05) is 13.2 Å². The Morgan fingerprint density at radius 2 is 1.94 bits per heavy atom. The van der Waals surface area contributed by atoms with E-state index < -0.39 is 0 Å². The van der Waals surface area contributed by atoms with E-state index in [-0.39, 0.29) is 5.97 Å². The van der Waals surface area contributed by atoms with Crippen LogP contribution in [0, 0.1) is 0 Å². The number of para-hydroxylation sites is 1. The summed E-state index contributed by atoms with van der Waals surface area (Å²) < 4.78 is 10.6. The van der Waals surface area contributed by atoms with Crippen molar-refractivity contribution in [3.8, 4) is 5.75 Å². The van der Waals surface area contributed by atoms with Gasteiger partial charge in [0.1, 0.15) is 11.3 Å². The van der Waals surface area contributed by atoms with Crippen molar-refractivity contribution in [1.82, 2.24) is 0 Å². The summed E-state index contributed by atoms with van der Waals surface area (Å²) in [4.78, 5) is 11.8. The molecule has 0 aliphatic carbocycles. The van der Waals surface area contributed by atoms with Gasteiger partial charge in [0.25, 0.3) is 0 Å². The number of esters is 1. The zero-order valence-corrected chi connectivity index (χ0v) is 10.9. The molecule has 0 aliphatic heterocycles. The number of rotatable bonds is 5. The summed E-state index contributed by atoms with van der Waals surface area (Å²) in [6, 6.07) is 5.59. The Hall–Kier alpha value is -1.51. The van der Waals surface area contributed by atoms with Gasteiger partial charge in [0, 0.05) is 0 Å². The van der Waals surface area contributed by atoms with Gasteiger partial charge < -0.3 is 9.47 Å². The number of ether oxygens (including phenoxy) is 2. The highest BCUT2D eigenvalue weighted by Crippen LogP contribution is 2.30. The lowest BCUT2D eigenvalue weighted by atomic mass is 9.99. The van der Waals surface area contributed by atoms with Crippen molar-refractivity contribution in [2.45, 2.75) is 33.6 Å². The Kier molecular flexibility index (Phi) is 5.01. The molecule has 1 aromatic rings. The molecule has 0 aliphatic rings. The lowest BCUT2D eigenvalue weighted by molar-refractivity contribution is 0.0521. The van der Waals surface area contributed by atoms with Crippen LogP contribution in [0.15, 0.2) is 18.2 Å². The van der Waals surface area contributed by atoms with Crippen LogP contribution in [-0.2, 0) is 4.74 Å². The largest absolute Gasteiger partial charge is 0.493 e. The predicted molar refractivity (Wildman–Crippen MR) is 67.7 cm³/mol. The van der Waals surface area contributed by atoms with Crippen molar-refractivity contribution in [1.29, 1.82) is 0 Å². The molecule has 3 nitrogen and oxygen atoms in total. The highest BCUT2D eigenvalue weighted by Gasteiger charge is 2.18. The molecule has 94 valence electrons. The minimum Gasteiger partial charge on any atom is -0.493 e. The van der Waals surface area contributed by atoms with Crippen LogP contribution < -0.4 is 4.74 Å². The van der Waals surface area contributed by atoms with Crippen LogP contribution in [-0.4, -0.2) is 19.2 Å². The quantitative estimate of drug-likeness (QED) is 0.735.